The molecule has 1 saturated heterocycles. The van der Waals surface area contributed by atoms with E-state index in [4.69, 9.17) is 4.52 Å². The number of piperidine rings is 1. The Labute approximate surface area is 146 Å². The van der Waals surface area contributed by atoms with E-state index in [0.29, 0.717) is 11.3 Å². The topological polar surface area (TPSA) is 58.4 Å². The molecular weight excluding hydrogens is 314 g/mol. The highest BCUT2D eigenvalue weighted by Gasteiger charge is 2.20. The first-order chi connectivity index (χ1) is 12.2. The molecule has 1 N–H and O–H groups in total. The molecule has 1 amide bonds. The fourth-order valence-electron chi connectivity index (χ4n) is 3.43. The van der Waals surface area contributed by atoms with Crippen LogP contribution in [0.4, 0.5) is 0 Å². The second kappa shape index (κ2) is 6.69. The van der Waals surface area contributed by atoms with E-state index in [0.717, 1.165) is 42.4 Å². The number of nitrogens with one attached hydrogen (secondary N) is 1. The SMILES string of the molecule is CN1CCC[C@H](NC(=O)c2ccc3noc(-c4ccccc4)c3c2)C1. The zero-order chi connectivity index (χ0) is 17.2. The van der Waals surface area contributed by atoms with E-state index in [1.807, 2.05) is 48.5 Å². The van der Waals surface area contributed by atoms with Gasteiger partial charge in [-0.3, -0.25) is 4.79 Å². The van der Waals surface area contributed by atoms with Gasteiger partial charge in [0, 0.05) is 23.7 Å². The molecule has 0 aliphatic carbocycles. The lowest BCUT2D eigenvalue weighted by atomic mass is 10.0. The summed E-state index contributed by atoms with van der Waals surface area (Å²) in [6.07, 6.45) is 2.14. The number of rotatable bonds is 3. The number of hydrogen-bond donors (Lipinski definition) is 1. The summed E-state index contributed by atoms with van der Waals surface area (Å²) >= 11 is 0. The molecule has 5 nitrogen and oxygen atoms in total. The summed E-state index contributed by atoms with van der Waals surface area (Å²) in [6, 6.07) is 15.6. The minimum absolute atomic E-state index is 0.0394. The molecule has 0 saturated carbocycles. The molecule has 0 radical (unpaired) electrons. The van der Waals surface area contributed by atoms with Crippen LogP contribution in [0.25, 0.3) is 22.2 Å². The molecule has 1 atom stereocenters. The van der Waals surface area contributed by atoms with Crippen LogP contribution in [-0.4, -0.2) is 42.1 Å². The first kappa shape index (κ1) is 15.8. The number of nitrogens with zero attached hydrogens (tertiary/aromatic N) is 2. The fourth-order valence-corrected chi connectivity index (χ4v) is 3.43. The van der Waals surface area contributed by atoms with Crippen LogP contribution in [0.5, 0.6) is 0 Å². The Kier molecular flexibility index (Phi) is 4.24. The molecule has 0 bridgehead atoms. The third-order valence-electron chi connectivity index (χ3n) is 4.73. The molecule has 0 unspecified atom stereocenters. The minimum atomic E-state index is -0.0394. The molecule has 4 rings (SSSR count). The Morgan fingerprint density at radius 1 is 1.24 bits per heavy atom. The van der Waals surface area contributed by atoms with Gasteiger partial charge in [0.1, 0.15) is 5.52 Å². The minimum Gasteiger partial charge on any atom is -0.355 e. The van der Waals surface area contributed by atoms with Crippen molar-refractivity contribution in [1.82, 2.24) is 15.4 Å². The van der Waals surface area contributed by atoms with Gasteiger partial charge in [0.05, 0.1) is 5.39 Å². The van der Waals surface area contributed by atoms with E-state index in [2.05, 4.69) is 22.4 Å². The van der Waals surface area contributed by atoms with E-state index in [1.54, 1.807) is 0 Å². The Morgan fingerprint density at radius 3 is 2.88 bits per heavy atom. The zero-order valence-electron chi connectivity index (χ0n) is 14.2. The number of benzene rings is 2. The van der Waals surface area contributed by atoms with Gasteiger partial charge in [-0.05, 0) is 44.6 Å². The van der Waals surface area contributed by atoms with Crippen molar-refractivity contribution in [3.8, 4) is 11.3 Å². The second-order valence-corrected chi connectivity index (χ2v) is 6.68. The van der Waals surface area contributed by atoms with Crippen molar-refractivity contribution in [2.75, 3.05) is 20.1 Å². The third-order valence-corrected chi connectivity index (χ3v) is 4.73. The summed E-state index contributed by atoms with van der Waals surface area (Å²) in [5.74, 6) is 0.657. The largest absolute Gasteiger partial charge is 0.355 e. The number of likely N-dealkylation sites (tertiary alicyclic amines) is 1. The van der Waals surface area contributed by atoms with Gasteiger partial charge in [0.25, 0.3) is 5.91 Å². The lowest BCUT2D eigenvalue weighted by Crippen LogP contribution is -2.46. The molecule has 2 heterocycles. The predicted octanol–water partition coefficient (Wildman–Crippen LogP) is 3.32. The second-order valence-electron chi connectivity index (χ2n) is 6.68. The van der Waals surface area contributed by atoms with Crippen LogP contribution in [-0.2, 0) is 0 Å². The predicted molar refractivity (Wildman–Crippen MR) is 97.4 cm³/mol. The standard InChI is InChI=1S/C20H21N3O2/c1-23-11-5-8-16(13-23)21-20(24)15-9-10-18-17(12-15)19(25-22-18)14-6-3-2-4-7-14/h2-4,6-7,9-10,12,16H,5,8,11,13H2,1H3,(H,21,24)/t16-/m0/s1. The summed E-state index contributed by atoms with van der Waals surface area (Å²) in [7, 11) is 2.09. The van der Waals surface area contributed by atoms with Crippen LogP contribution >= 0.6 is 0 Å². The quantitative estimate of drug-likeness (QED) is 0.798. The monoisotopic (exact) mass is 335 g/mol. The zero-order valence-corrected chi connectivity index (χ0v) is 14.2. The highest BCUT2D eigenvalue weighted by Crippen LogP contribution is 2.29. The first-order valence-electron chi connectivity index (χ1n) is 8.65. The van der Waals surface area contributed by atoms with E-state index < -0.39 is 0 Å². The maximum Gasteiger partial charge on any atom is 0.251 e. The summed E-state index contributed by atoms with van der Waals surface area (Å²) in [5, 5.41) is 8.12. The van der Waals surface area contributed by atoms with Crippen molar-refractivity contribution in [2.45, 2.75) is 18.9 Å². The molecule has 25 heavy (non-hydrogen) atoms. The van der Waals surface area contributed by atoms with Crippen molar-refractivity contribution in [1.29, 1.82) is 0 Å². The van der Waals surface area contributed by atoms with Gasteiger partial charge in [-0.1, -0.05) is 35.5 Å². The molecule has 1 fully saturated rings. The fraction of sp³-hybridized carbons (Fsp3) is 0.300. The van der Waals surface area contributed by atoms with Crippen molar-refractivity contribution >= 4 is 16.8 Å². The Hall–Kier alpha value is -2.66. The van der Waals surface area contributed by atoms with Crippen LogP contribution in [0, 0.1) is 0 Å². The van der Waals surface area contributed by atoms with Gasteiger partial charge in [-0.25, -0.2) is 0 Å². The Morgan fingerprint density at radius 2 is 2.08 bits per heavy atom. The number of amides is 1. The average Bonchev–Trinajstić information content (AvgIpc) is 3.05. The maximum absolute atomic E-state index is 12.7. The summed E-state index contributed by atoms with van der Waals surface area (Å²) in [6.45, 7) is 2.00. The summed E-state index contributed by atoms with van der Waals surface area (Å²) < 4.78 is 5.51. The molecule has 128 valence electrons. The summed E-state index contributed by atoms with van der Waals surface area (Å²) in [4.78, 5) is 14.9. The Bertz CT molecular complexity index is 888. The molecule has 5 heteroatoms. The van der Waals surface area contributed by atoms with E-state index in [1.165, 1.54) is 0 Å². The van der Waals surface area contributed by atoms with Crippen molar-refractivity contribution in [3.63, 3.8) is 0 Å². The molecule has 1 aliphatic rings. The number of aromatic nitrogens is 1. The third kappa shape index (κ3) is 3.28. The molecule has 2 aromatic carbocycles. The highest BCUT2D eigenvalue weighted by atomic mass is 16.5. The molecule has 1 aliphatic heterocycles. The average molecular weight is 335 g/mol. The highest BCUT2D eigenvalue weighted by molar-refractivity contribution is 6.01. The van der Waals surface area contributed by atoms with Crippen LogP contribution in [0.3, 0.4) is 0 Å². The number of carbonyl (C=O) groups excluding carboxylic acids is 1. The smallest absolute Gasteiger partial charge is 0.251 e. The maximum atomic E-state index is 12.7. The van der Waals surface area contributed by atoms with Crippen LogP contribution < -0.4 is 5.32 Å². The van der Waals surface area contributed by atoms with Gasteiger partial charge in [0.15, 0.2) is 5.76 Å². The Balaban J connectivity index is 1.61. The van der Waals surface area contributed by atoms with Gasteiger partial charge in [0.2, 0.25) is 0 Å². The van der Waals surface area contributed by atoms with Crippen LogP contribution in [0.2, 0.25) is 0 Å². The van der Waals surface area contributed by atoms with Gasteiger partial charge < -0.3 is 14.7 Å². The van der Waals surface area contributed by atoms with Crippen molar-refractivity contribution in [3.05, 3.63) is 54.1 Å². The lowest BCUT2D eigenvalue weighted by Gasteiger charge is -2.30. The van der Waals surface area contributed by atoms with Gasteiger partial charge in [-0.2, -0.15) is 0 Å². The summed E-state index contributed by atoms with van der Waals surface area (Å²) in [5.41, 5.74) is 2.35. The van der Waals surface area contributed by atoms with Crippen molar-refractivity contribution in [2.24, 2.45) is 0 Å². The lowest BCUT2D eigenvalue weighted by molar-refractivity contribution is 0.0912. The molecule has 0 spiro atoms. The first-order valence-corrected chi connectivity index (χ1v) is 8.65. The molecule has 1 aromatic heterocycles. The number of likely N-dealkylation sites (N-methyl/N-ethyl adjacent to an activating group) is 1. The van der Waals surface area contributed by atoms with Gasteiger partial charge >= 0.3 is 0 Å². The van der Waals surface area contributed by atoms with Crippen molar-refractivity contribution < 1.29 is 9.32 Å². The van der Waals surface area contributed by atoms with Crippen LogP contribution in [0.15, 0.2) is 53.1 Å². The number of carbonyl (C=O) groups is 1. The van der Waals surface area contributed by atoms with Crippen LogP contribution in [0.1, 0.15) is 23.2 Å². The van der Waals surface area contributed by atoms with E-state index in [-0.39, 0.29) is 11.9 Å². The van der Waals surface area contributed by atoms with E-state index >= 15 is 0 Å². The van der Waals surface area contributed by atoms with Gasteiger partial charge in [-0.15, -0.1) is 0 Å². The molecule has 3 aromatic rings. The number of hydrogen-bond acceptors (Lipinski definition) is 4. The number of fused-ring (bicyclic) bond motifs is 1. The van der Waals surface area contributed by atoms with E-state index in [9.17, 15) is 4.79 Å². The normalized spacial score (nSPS) is 18.4. The molecular formula is C20H21N3O2.